The minimum Gasteiger partial charge on any atom is -0.376 e. The highest BCUT2D eigenvalue weighted by molar-refractivity contribution is 4.86. The molecule has 130 valence electrons. The van der Waals surface area contributed by atoms with Crippen molar-refractivity contribution in [2.45, 2.75) is 75.1 Å². The lowest BCUT2D eigenvalue weighted by molar-refractivity contribution is -0.593. The van der Waals surface area contributed by atoms with Gasteiger partial charge in [0.25, 0.3) is 11.6 Å². The lowest BCUT2D eigenvalue weighted by Crippen LogP contribution is -2.55. The average Bonchev–Trinajstić information content (AvgIpc) is 2.60. The zero-order valence-corrected chi connectivity index (χ0v) is 13.2. The van der Waals surface area contributed by atoms with Crippen molar-refractivity contribution < 1.29 is 39.5 Å². The van der Waals surface area contributed by atoms with Gasteiger partial charge >= 0.3 is 0 Å². The van der Waals surface area contributed by atoms with Crippen molar-refractivity contribution in [3.05, 3.63) is 0 Å². The molecule has 0 amide bonds. The molecule has 0 saturated heterocycles. The molecule has 0 radical (unpaired) electrons. The minimum atomic E-state index is -1.44. The number of hydrogen-bond acceptors (Lipinski definition) is 8. The molecule has 0 aromatic heterocycles. The summed E-state index contributed by atoms with van der Waals surface area (Å²) in [6, 6.07) is 0. The van der Waals surface area contributed by atoms with E-state index in [2.05, 4.69) is 9.78 Å². The van der Waals surface area contributed by atoms with Crippen LogP contribution < -0.4 is 0 Å². The van der Waals surface area contributed by atoms with Gasteiger partial charge in [-0.1, -0.05) is 12.8 Å². The maximum Gasteiger partial charge on any atom is 0.259 e. The van der Waals surface area contributed by atoms with Crippen LogP contribution in [0.1, 0.15) is 51.4 Å². The van der Waals surface area contributed by atoms with Gasteiger partial charge in [0.05, 0.1) is 0 Å². The summed E-state index contributed by atoms with van der Waals surface area (Å²) in [5.74, 6) is -2.87. The van der Waals surface area contributed by atoms with Crippen LogP contribution in [0.25, 0.3) is 0 Å². The van der Waals surface area contributed by atoms with Gasteiger partial charge in [0.1, 0.15) is 12.2 Å². The third kappa shape index (κ3) is 3.44. The van der Waals surface area contributed by atoms with Crippen LogP contribution in [-0.2, 0) is 29.0 Å². The number of ether oxygens (including phenoxy) is 2. The molecule has 2 N–H and O–H groups in total. The second-order valence-corrected chi connectivity index (χ2v) is 5.91. The van der Waals surface area contributed by atoms with Crippen molar-refractivity contribution in [1.82, 2.24) is 0 Å². The third-order valence-corrected chi connectivity index (χ3v) is 4.67. The predicted octanol–water partition coefficient (Wildman–Crippen LogP) is 2.48. The number of rotatable bonds is 7. The molecule has 2 aliphatic carbocycles. The number of methoxy groups -OCH3 is 2. The van der Waals surface area contributed by atoms with Crippen LogP contribution in [0.3, 0.4) is 0 Å². The molecule has 8 heteroatoms. The Hall–Kier alpha value is -0.320. The van der Waals surface area contributed by atoms with Crippen molar-refractivity contribution in [1.29, 1.82) is 0 Å². The molecule has 2 fully saturated rings. The first-order valence-corrected chi connectivity index (χ1v) is 7.74. The standard InChI is InChI=1S/C14H26O8/c1-17-11-7-3-5-9-13(11,19-15)21-22-14(20-16)10-6-4-8-12(14)18-2/h11-12,15-16H,3-10H2,1-2H3. The van der Waals surface area contributed by atoms with Crippen LogP contribution in [0.15, 0.2) is 0 Å². The summed E-state index contributed by atoms with van der Waals surface area (Å²) in [5, 5.41) is 18.7. The summed E-state index contributed by atoms with van der Waals surface area (Å²) in [6.45, 7) is 0. The molecule has 0 heterocycles. The van der Waals surface area contributed by atoms with Gasteiger partial charge in [0.15, 0.2) is 0 Å². The quantitative estimate of drug-likeness (QED) is 0.419. The topological polar surface area (TPSA) is 95.8 Å². The van der Waals surface area contributed by atoms with E-state index in [0.29, 0.717) is 25.7 Å². The van der Waals surface area contributed by atoms with Gasteiger partial charge in [-0.2, -0.15) is 19.6 Å². The lowest BCUT2D eigenvalue weighted by atomic mass is 9.91. The van der Waals surface area contributed by atoms with E-state index in [1.54, 1.807) is 0 Å². The van der Waals surface area contributed by atoms with Crippen molar-refractivity contribution >= 4 is 0 Å². The predicted molar refractivity (Wildman–Crippen MR) is 73.6 cm³/mol. The van der Waals surface area contributed by atoms with Gasteiger partial charge in [0.2, 0.25) is 0 Å². The molecule has 2 saturated carbocycles. The maximum atomic E-state index is 9.33. The fraction of sp³-hybridized carbons (Fsp3) is 1.00. The zero-order chi connectivity index (χ0) is 16.1. The van der Waals surface area contributed by atoms with E-state index in [1.165, 1.54) is 14.2 Å². The van der Waals surface area contributed by atoms with Gasteiger partial charge in [-0.3, -0.25) is 0 Å². The fourth-order valence-corrected chi connectivity index (χ4v) is 3.33. The first kappa shape index (κ1) is 18.0. The van der Waals surface area contributed by atoms with Crippen molar-refractivity contribution in [3.63, 3.8) is 0 Å². The van der Waals surface area contributed by atoms with Crippen molar-refractivity contribution in [2.75, 3.05) is 14.2 Å². The fourth-order valence-electron chi connectivity index (χ4n) is 3.33. The molecular weight excluding hydrogens is 296 g/mol. The van der Waals surface area contributed by atoms with Gasteiger partial charge < -0.3 is 9.47 Å². The Morgan fingerprint density at radius 2 is 1.14 bits per heavy atom. The molecule has 4 unspecified atom stereocenters. The molecule has 8 nitrogen and oxygen atoms in total. The summed E-state index contributed by atoms with van der Waals surface area (Å²) in [7, 11) is 3.04. The van der Waals surface area contributed by atoms with Gasteiger partial charge in [-0.25, -0.2) is 10.5 Å². The molecule has 0 bridgehead atoms. The molecular formula is C14H26O8. The number of hydrogen-bond donors (Lipinski definition) is 2. The minimum absolute atomic E-state index is 0.404. The van der Waals surface area contributed by atoms with Crippen LogP contribution in [0.5, 0.6) is 0 Å². The van der Waals surface area contributed by atoms with Crippen LogP contribution in [0.2, 0.25) is 0 Å². The summed E-state index contributed by atoms with van der Waals surface area (Å²) in [5.41, 5.74) is 0. The lowest BCUT2D eigenvalue weighted by Gasteiger charge is -2.43. The third-order valence-electron chi connectivity index (χ3n) is 4.67. The maximum absolute atomic E-state index is 9.33. The second-order valence-electron chi connectivity index (χ2n) is 5.91. The van der Waals surface area contributed by atoms with E-state index in [0.717, 1.165) is 25.7 Å². The Morgan fingerprint density at radius 3 is 1.45 bits per heavy atom. The normalized spacial score (nSPS) is 39.8. The Kier molecular flexibility index (Phi) is 6.54. The van der Waals surface area contributed by atoms with Crippen LogP contribution in [0.4, 0.5) is 0 Å². The zero-order valence-electron chi connectivity index (χ0n) is 13.2. The van der Waals surface area contributed by atoms with E-state index in [1.807, 2.05) is 0 Å². The summed E-state index contributed by atoms with van der Waals surface area (Å²) >= 11 is 0. The van der Waals surface area contributed by atoms with Crippen molar-refractivity contribution in [2.24, 2.45) is 0 Å². The van der Waals surface area contributed by atoms with Gasteiger partial charge in [-0.15, -0.1) is 0 Å². The Morgan fingerprint density at radius 1 is 0.727 bits per heavy atom. The average molecular weight is 322 g/mol. The molecule has 0 aromatic rings. The van der Waals surface area contributed by atoms with E-state index < -0.39 is 23.8 Å². The van der Waals surface area contributed by atoms with E-state index in [9.17, 15) is 10.5 Å². The largest absolute Gasteiger partial charge is 0.376 e. The highest BCUT2D eigenvalue weighted by Crippen LogP contribution is 2.39. The van der Waals surface area contributed by atoms with Gasteiger partial charge in [0, 0.05) is 27.1 Å². The molecule has 2 aliphatic rings. The molecule has 0 aliphatic heterocycles. The van der Waals surface area contributed by atoms with Crippen molar-refractivity contribution in [3.8, 4) is 0 Å². The Bertz CT molecular complexity index is 309. The SMILES string of the molecule is COC1CCCCC1(OO)OOC1(OO)CCCCC1OC. The second kappa shape index (κ2) is 7.98. The monoisotopic (exact) mass is 322 g/mol. The first-order valence-electron chi connectivity index (χ1n) is 7.74. The Balaban J connectivity index is 2.09. The van der Waals surface area contributed by atoms with E-state index in [-0.39, 0.29) is 0 Å². The van der Waals surface area contributed by atoms with Crippen LogP contribution in [-0.4, -0.2) is 48.5 Å². The molecule has 4 atom stereocenters. The summed E-state index contributed by atoms with van der Waals surface area (Å²) in [6.07, 6.45) is 4.66. The summed E-state index contributed by atoms with van der Waals surface area (Å²) in [4.78, 5) is 20.0. The molecule has 22 heavy (non-hydrogen) atoms. The highest BCUT2D eigenvalue weighted by Gasteiger charge is 2.52. The van der Waals surface area contributed by atoms with E-state index in [4.69, 9.17) is 19.2 Å². The molecule has 0 spiro atoms. The van der Waals surface area contributed by atoms with E-state index >= 15 is 0 Å². The highest BCUT2D eigenvalue weighted by atomic mass is 17.3. The molecule has 0 aromatic carbocycles. The van der Waals surface area contributed by atoms with Crippen LogP contribution >= 0.6 is 0 Å². The smallest absolute Gasteiger partial charge is 0.259 e. The first-order chi connectivity index (χ1) is 10.7. The van der Waals surface area contributed by atoms with Gasteiger partial charge in [-0.05, 0) is 25.7 Å². The van der Waals surface area contributed by atoms with Crippen LogP contribution in [0, 0.1) is 0 Å². The molecule has 2 rings (SSSR count). The Labute approximate surface area is 130 Å². The summed E-state index contributed by atoms with van der Waals surface area (Å²) < 4.78 is 10.7.